The van der Waals surface area contributed by atoms with Crippen molar-refractivity contribution in [3.8, 4) is 34.1 Å². The molecule has 0 bridgehead atoms. The van der Waals surface area contributed by atoms with E-state index in [1.807, 2.05) is 89.9 Å². The highest BCUT2D eigenvalue weighted by atomic mass is 32.1. The largest absolute Gasteiger partial charge is 0.494 e. The normalized spacial score (nSPS) is 11.6. The van der Waals surface area contributed by atoms with E-state index < -0.39 is 23.8 Å². The van der Waals surface area contributed by atoms with Crippen molar-refractivity contribution < 1.29 is 57.4 Å². The van der Waals surface area contributed by atoms with Crippen molar-refractivity contribution in [2.45, 2.75) is 102 Å². The van der Waals surface area contributed by atoms with Gasteiger partial charge in [0.25, 0.3) is 0 Å². The second-order valence-corrected chi connectivity index (χ2v) is 21.1. The van der Waals surface area contributed by atoms with E-state index in [1.165, 1.54) is 6.08 Å². The van der Waals surface area contributed by atoms with E-state index in [1.54, 1.807) is 60.0 Å². The van der Waals surface area contributed by atoms with Crippen molar-refractivity contribution >= 4 is 56.8 Å². The molecule has 0 saturated carbocycles. The third-order valence-electron chi connectivity index (χ3n) is 13.9. The fraction of sp³-hybridized carbons (Fsp3) is 0.324. The molecule has 0 spiro atoms. The Hall–Kier alpha value is -8.60. The Kier molecular flexibility index (Phi) is 24.5. The molecule has 15 nitrogen and oxygen atoms in total. The van der Waals surface area contributed by atoms with Crippen LogP contribution in [0.1, 0.15) is 128 Å². The second-order valence-electron chi connectivity index (χ2n) is 20.1. The quantitative estimate of drug-likeness (QED) is 0.00526. The van der Waals surface area contributed by atoms with Gasteiger partial charge < -0.3 is 33.3 Å². The maximum Gasteiger partial charge on any atom is 0.343 e. The smallest absolute Gasteiger partial charge is 0.343 e. The molecule has 0 unspecified atom stereocenters. The number of aromatic nitrogens is 1. The van der Waals surface area contributed by atoms with Crippen LogP contribution >= 0.6 is 11.3 Å². The molecule has 8 rings (SSSR count). The topological polar surface area (TPSA) is 171 Å². The Morgan fingerprint density at radius 1 is 0.560 bits per heavy atom. The molecule has 0 amide bonds. The molecule has 0 aliphatic heterocycles. The fourth-order valence-corrected chi connectivity index (χ4v) is 10.4. The summed E-state index contributed by atoms with van der Waals surface area (Å²) in [4.78, 5) is 66.2. The summed E-state index contributed by atoms with van der Waals surface area (Å²) in [5.41, 5.74) is 6.77. The van der Waals surface area contributed by atoms with Crippen molar-refractivity contribution in [1.82, 2.24) is 4.98 Å². The number of hydrogen-bond acceptors (Lipinski definition) is 16. The summed E-state index contributed by atoms with van der Waals surface area (Å²) in [6, 6.07) is 43.5. The number of carbonyl (C=O) groups excluding carboxylic acids is 4. The molecular weight excluding hydrogens is 1080 g/mol. The average Bonchev–Trinajstić information content (AvgIpc) is 3.80. The molecule has 0 atom stereocenters. The SMILES string of the molecule is C=CC(=O)OCCCCCCOc1ccc(COOc2ccc(OC(=O)c3ccc(OCCCCCCOC(=O)C=C)cc3)cc2/C=N/N(CCCCCCCCOC(=O)C2c3ccccc3-c3ccccc32)c2nc3ccccc3s2)cc1. The number of benzene rings is 6. The molecule has 1 aromatic heterocycles. The van der Waals surface area contributed by atoms with Gasteiger partial charge in [-0.15, -0.1) is 0 Å². The van der Waals surface area contributed by atoms with Gasteiger partial charge >= 0.3 is 23.9 Å². The van der Waals surface area contributed by atoms with Gasteiger partial charge in [-0.25, -0.2) is 24.4 Å². The molecule has 7 aromatic rings. The third-order valence-corrected chi connectivity index (χ3v) is 15.0. The van der Waals surface area contributed by atoms with Crippen LogP contribution in [0.5, 0.6) is 23.0 Å². The minimum atomic E-state index is -0.554. The lowest BCUT2D eigenvalue weighted by Gasteiger charge is -2.16. The lowest BCUT2D eigenvalue weighted by molar-refractivity contribution is -0.217. The fourth-order valence-electron chi connectivity index (χ4n) is 9.46. The van der Waals surface area contributed by atoms with Crippen LogP contribution < -0.4 is 24.1 Å². The summed E-state index contributed by atoms with van der Waals surface area (Å²) in [5, 5.41) is 7.63. The number of hydrogen-bond donors (Lipinski definition) is 0. The van der Waals surface area contributed by atoms with E-state index in [4.69, 9.17) is 48.3 Å². The van der Waals surface area contributed by atoms with E-state index in [2.05, 4.69) is 25.3 Å². The molecule has 0 fully saturated rings. The summed E-state index contributed by atoms with van der Waals surface area (Å²) >= 11 is 1.55. The first-order valence-corrected chi connectivity index (χ1v) is 29.8. The van der Waals surface area contributed by atoms with Crippen molar-refractivity contribution in [2.75, 3.05) is 44.6 Å². The number of carbonyl (C=O) groups is 4. The monoisotopic (exact) mass is 1160 g/mol. The van der Waals surface area contributed by atoms with Gasteiger partial charge in [0.2, 0.25) is 5.13 Å². The predicted molar refractivity (Wildman–Crippen MR) is 327 cm³/mol. The Bertz CT molecular complexity index is 3210. The molecule has 16 heteroatoms. The number of hydrazone groups is 1. The first kappa shape index (κ1) is 61.5. The summed E-state index contributed by atoms with van der Waals surface area (Å²) in [6.07, 6.45) is 16.5. The molecule has 1 aliphatic rings. The Labute approximate surface area is 495 Å². The lowest BCUT2D eigenvalue weighted by Crippen LogP contribution is -2.18. The van der Waals surface area contributed by atoms with Gasteiger partial charge in [-0.2, -0.15) is 9.99 Å². The lowest BCUT2D eigenvalue weighted by atomic mass is 9.97. The van der Waals surface area contributed by atoms with Gasteiger partial charge in [0.1, 0.15) is 29.8 Å². The average molecular weight is 1160 g/mol. The number of esters is 4. The number of anilines is 1. The number of unbranched alkanes of at least 4 members (excludes halogenated alkanes) is 11. The zero-order valence-corrected chi connectivity index (χ0v) is 48.3. The zero-order chi connectivity index (χ0) is 58.6. The molecular formula is C68H73N3O12S. The minimum absolute atomic E-state index is 0.131. The van der Waals surface area contributed by atoms with Gasteiger partial charge in [0.15, 0.2) is 5.75 Å². The van der Waals surface area contributed by atoms with Crippen LogP contribution in [0.25, 0.3) is 21.3 Å². The van der Waals surface area contributed by atoms with Gasteiger partial charge in [0.05, 0.1) is 55.0 Å². The minimum Gasteiger partial charge on any atom is -0.494 e. The van der Waals surface area contributed by atoms with Crippen molar-refractivity contribution in [3.05, 3.63) is 193 Å². The number of nitrogens with zero attached hydrogens (tertiary/aromatic N) is 3. The zero-order valence-electron chi connectivity index (χ0n) is 47.5. The van der Waals surface area contributed by atoms with E-state index >= 15 is 0 Å². The van der Waals surface area contributed by atoms with Crippen LogP contribution in [0.15, 0.2) is 170 Å². The molecule has 0 saturated heterocycles. The summed E-state index contributed by atoms with van der Waals surface area (Å²) < 4.78 is 34.7. The highest BCUT2D eigenvalue weighted by molar-refractivity contribution is 7.22. The highest BCUT2D eigenvalue weighted by Gasteiger charge is 2.34. The number of fused-ring (bicyclic) bond motifs is 4. The van der Waals surface area contributed by atoms with Crippen LogP contribution in [-0.2, 0) is 40.1 Å². The summed E-state index contributed by atoms with van der Waals surface area (Å²) in [7, 11) is 0. The second kappa shape index (κ2) is 33.5. The van der Waals surface area contributed by atoms with Gasteiger partial charge in [-0.1, -0.05) is 123 Å². The summed E-state index contributed by atoms with van der Waals surface area (Å²) in [6.45, 7) is 9.75. The molecule has 0 N–H and O–H groups in total. The number of ether oxygens (including phenoxy) is 6. The molecule has 0 radical (unpaired) electrons. The van der Waals surface area contributed by atoms with E-state index in [-0.39, 0.29) is 18.3 Å². The van der Waals surface area contributed by atoms with Gasteiger partial charge in [0, 0.05) is 24.3 Å². The third kappa shape index (κ3) is 19.0. The van der Waals surface area contributed by atoms with Gasteiger partial charge in [-0.3, -0.25) is 4.79 Å². The van der Waals surface area contributed by atoms with Crippen LogP contribution in [0.2, 0.25) is 0 Å². The first-order chi connectivity index (χ1) is 41.3. The Balaban J connectivity index is 0.860. The maximum atomic E-state index is 13.6. The van der Waals surface area contributed by atoms with Crippen LogP contribution in [-0.4, -0.2) is 74.7 Å². The molecule has 6 aromatic carbocycles. The van der Waals surface area contributed by atoms with E-state index in [9.17, 15) is 19.2 Å². The number of para-hydroxylation sites is 1. The molecule has 84 heavy (non-hydrogen) atoms. The summed E-state index contributed by atoms with van der Waals surface area (Å²) in [5.74, 6) is 0.0251. The molecule has 438 valence electrons. The molecule has 1 heterocycles. The Morgan fingerprint density at radius 3 is 1.69 bits per heavy atom. The Morgan fingerprint density at radius 2 is 1.08 bits per heavy atom. The van der Waals surface area contributed by atoms with Crippen molar-refractivity contribution in [1.29, 1.82) is 0 Å². The number of rotatable bonds is 37. The van der Waals surface area contributed by atoms with Crippen molar-refractivity contribution in [3.63, 3.8) is 0 Å². The van der Waals surface area contributed by atoms with Gasteiger partial charge in [-0.05, 0) is 159 Å². The van der Waals surface area contributed by atoms with Crippen LogP contribution in [0.4, 0.5) is 5.13 Å². The van der Waals surface area contributed by atoms with Crippen LogP contribution in [0.3, 0.4) is 0 Å². The first-order valence-electron chi connectivity index (χ1n) is 29.0. The van der Waals surface area contributed by atoms with E-state index in [0.717, 1.165) is 145 Å². The molecule has 1 aliphatic carbocycles. The standard InChI is InChI=1S/C68H73N3O12S/c1-3-63(72)78-44-22-11-9-20-42-76-53-35-31-50(32-36-53)49-81-83-61-40-39-55(82-66(74)51-33-37-54(38-34-51)77-43-21-10-12-23-45-79-64(73)4-2)47-52(61)48-69-71(68-70-60-29-17-18-30-62(60)84-68)41-19-7-5-6-8-24-46-80-67(75)65-58-27-15-13-25-56(58)57-26-14-16-28-59(57)65/h3-4,13-18,25-40,47-48,65H,1-2,5-12,19-24,41-46,49H2/b69-48+. The maximum absolute atomic E-state index is 13.6. The predicted octanol–water partition coefficient (Wildman–Crippen LogP) is 14.9. The van der Waals surface area contributed by atoms with Crippen molar-refractivity contribution in [2.24, 2.45) is 5.10 Å². The number of thiazole rings is 1. The van der Waals surface area contributed by atoms with E-state index in [0.29, 0.717) is 62.2 Å². The highest BCUT2D eigenvalue weighted by Crippen LogP contribution is 2.45. The van der Waals surface area contributed by atoms with Crippen LogP contribution in [0, 0.1) is 0 Å².